The summed E-state index contributed by atoms with van der Waals surface area (Å²) in [5.41, 5.74) is -1.56. The Kier molecular flexibility index (Phi) is 4.22. The topological polar surface area (TPSA) is 51.2 Å². The first kappa shape index (κ1) is 17.4. The van der Waals surface area contributed by atoms with Gasteiger partial charge >= 0.3 is 6.18 Å². The normalized spacial score (nSPS) is 29.2. The van der Waals surface area contributed by atoms with Crippen LogP contribution in [0.15, 0.2) is 18.2 Å². The number of carbonyl (C=O) groups excluding carboxylic acids is 1. The third-order valence-electron chi connectivity index (χ3n) is 4.96. The van der Waals surface area contributed by atoms with Crippen molar-refractivity contribution in [1.29, 1.82) is 0 Å². The predicted octanol–water partition coefficient (Wildman–Crippen LogP) is 3.77. The number of rotatable bonds is 2. The van der Waals surface area contributed by atoms with Crippen molar-refractivity contribution in [2.24, 2.45) is 5.92 Å². The quantitative estimate of drug-likeness (QED) is 0.593. The molecule has 132 valence electrons. The summed E-state index contributed by atoms with van der Waals surface area (Å²) in [6.45, 7) is 0. The fourth-order valence-corrected chi connectivity index (χ4v) is 6.29. The first-order chi connectivity index (χ1) is 11.1. The van der Waals surface area contributed by atoms with Gasteiger partial charge in [0, 0.05) is 11.5 Å². The summed E-state index contributed by atoms with van der Waals surface area (Å²) in [6, 6.07) is 1.78. The Hall–Kier alpha value is -1.44. The molecule has 2 saturated heterocycles. The number of hydrogen-bond donors (Lipinski definition) is 0. The number of benzene rings is 1. The van der Waals surface area contributed by atoms with Gasteiger partial charge in [-0.3, -0.25) is 4.79 Å². The molecular weight excluding hydrogens is 348 g/mol. The smallest absolute Gasteiger partial charge is 0.294 e. The molecule has 0 aliphatic carbocycles. The summed E-state index contributed by atoms with van der Waals surface area (Å²) in [5.74, 6) is -2.41. The van der Waals surface area contributed by atoms with Gasteiger partial charge in [-0.2, -0.15) is 13.2 Å². The standard InChI is InChI=1S/C16H16F4O3S/c17-12-5-9(4-11(8-12)16(18,19)20)15(21)10-6-13-2-1-3-14(7-10)24(13,22)23/h4-5,8,10,13-14H,1-3,6-7H2. The Bertz CT molecular complexity index is 750. The van der Waals surface area contributed by atoms with Gasteiger partial charge in [-0.05, 0) is 43.9 Å². The Labute approximate surface area is 137 Å². The molecule has 2 aliphatic rings. The van der Waals surface area contributed by atoms with Crippen LogP contribution in [0.3, 0.4) is 0 Å². The van der Waals surface area contributed by atoms with Crippen LogP contribution >= 0.6 is 0 Å². The second-order valence-electron chi connectivity index (χ2n) is 6.52. The van der Waals surface area contributed by atoms with E-state index < -0.39 is 49.6 Å². The van der Waals surface area contributed by atoms with Crippen LogP contribution in [0.5, 0.6) is 0 Å². The van der Waals surface area contributed by atoms with Gasteiger partial charge in [0.1, 0.15) is 5.82 Å². The Morgan fingerprint density at radius 2 is 1.62 bits per heavy atom. The van der Waals surface area contributed by atoms with Gasteiger partial charge in [0.05, 0.1) is 16.1 Å². The monoisotopic (exact) mass is 364 g/mol. The van der Waals surface area contributed by atoms with Crippen molar-refractivity contribution in [1.82, 2.24) is 0 Å². The fourth-order valence-electron chi connectivity index (χ4n) is 3.75. The van der Waals surface area contributed by atoms with Crippen molar-refractivity contribution in [3.05, 3.63) is 35.1 Å². The molecule has 0 spiro atoms. The summed E-state index contributed by atoms with van der Waals surface area (Å²) < 4.78 is 76.3. The van der Waals surface area contributed by atoms with Gasteiger partial charge in [0.2, 0.25) is 0 Å². The Morgan fingerprint density at radius 3 is 2.17 bits per heavy atom. The van der Waals surface area contributed by atoms with Gasteiger partial charge in [0.15, 0.2) is 15.6 Å². The number of sulfone groups is 1. The van der Waals surface area contributed by atoms with E-state index in [1.807, 2.05) is 0 Å². The van der Waals surface area contributed by atoms with Crippen molar-refractivity contribution in [2.75, 3.05) is 0 Å². The molecule has 3 nitrogen and oxygen atoms in total. The van der Waals surface area contributed by atoms with Gasteiger partial charge in [-0.25, -0.2) is 12.8 Å². The van der Waals surface area contributed by atoms with Crippen molar-refractivity contribution in [2.45, 2.75) is 48.8 Å². The minimum atomic E-state index is -4.75. The maximum Gasteiger partial charge on any atom is 0.416 e. The third-order valence-corrected chi connectivity index (χ3v) is 7.67. The molecule has 2 fully saturated rings. The molecule has 0 amide bonds. The van der Waals surface area contributed by atoms with Gasteiger partial charge < -0.3 is 0 Å². The molecule has 8 heteroatoms. The minimum absolute atomic E-state index is 0.107. The van der Waals surface area contributed by atoms with E-state index in [2.05, 4.69) is 0 Å². The van der Waals surface area contributed by atoms with Crippen LogP contribution in [0.2, 0.25) is 0 Å². The van der Waals surface area contributed by atoms with Gasteiger partial charge in [-0.1, -0.05) is 6.42 Å². The van der Waals surface area contributed by atoms with E-state index in [1.165, 1.54) is 0 Å². The van der Waals surface area contributed by atoms with Crippen LogP contribution in [-0.2, 0) is 16.0 Å². The number of fused-ring (bicyclic) bond motifs is 2. The highest BCUT2D eigenvalue weighted by molar-refractivity contribution is 7.92. The average Bonchev–Trinajstić information content (AvgIpc) is 2.43. The minimum Gasteiger partial charge on any atom is -0.294 e. The lowest BCUT2D eigenvalue weighted by Crippen LogP contribution is -2.45. The zero-order chi connectivity index (χ0) is 17.7. The lowest BCUT2D eigenvalue weighted by Gasteiger charge is -2.38. The van der Waals surface area contributed by atoms with Crippen LogP contribution in [0.25, 0.3) is 0 Å². The Morgan fingerprint density at radius 1 is 1.04 bits per heavy atom. The van der Waals surface area contributed by atoms with E-state index >= 15 is 0 Å². The van der Waals surface area contributed by atoms with E-state index in [0.717, 1.165) is 12.5 Å². The molecule has 2 heterocycles. The molecule has 0 saturated carbocycles. The first-order valence-electron chi connectivity index (χ1n) is 7.74. The molecule has 3 rings (SSSR count). The van der Waals surface area contributed by atoms with Crippen LogP contribution in [0.1, 0.15) is 48.0 Å². The number of ketones is 1. The SMILES string of the molecule is O=C(c1cc(F)cc(C(F)(F)F)c1)C1CC2CCCC(C1)S2(=O)=O. The molecule has 2 aliphatic heterocycles. The lowest BCUT2D eigenvalue weighted by atomic mass is 9.84. The molecule has 24 heavy (non-hydrogen) atoms. The highest BCUT2D eigenvalue weighted by Gasteiger charge is 2.46. The van der Waals surface area contributed by atoms with Crippen LogP contribution in [-0.4, -0.2) is 24.7 Å². The predicted molar refractivity (Wildman–Crippen MR) is 78.8 cm³/mol. The Balaban J connectivity index is 1.89. The molecule has 2 atom stereocenters. The maximum absolute atomic E-state index is 13.5. The fraction of sp³-hybridized carbons (Fsp3) is 0.562. The highest BCUT2D eigenvalue weighted by Crippen LogP contribution is 2.41. The van der Waals surface area contributed by atoms with Crippen molar-refractivity contribution in [3.8, 4) is 0 Å². The van der Waals surface area contributed by atoms with Gasteiger partial charge in [0.25, 0.3) is 0 Å². The first-order valence-corrected chi connectivity index (χ1v) is 9.34. The second kappa shape index (κ2) is 5.82. The second-order valence-corrected chi connectivity index (χ2v) is 9.03. The van der Waals surface area contributed by atoms with E-state index in [-0.39, 0.29) is 18.4 Å². The zero-order valence-electron chi connectivity index (χ0n) is 12.6. The molecule has 2 unspecified atom stereocenters. The number of alkyl halides is 3. The van der Waals surface area contributed by atoms with E-state index in [0.29, 0.717) is 25.0 Å². The number of hydrogen-bond acceptors (Lipinski definition) is 3. The highest BCUT2D eigenvalue weighted by atomic mass is 32.2. The number of carbonyl (C=O) groups is 1. The van der Waals surface area contributed by atoms with E-state index in [4.69, 9.17) is 0 Å². The number of Topliss-reactive ketones (excluding diaryl/α,β-unsaturated/α-hetero) is 1. The van der Waals surface area contributed by atoms with Crippen molar-refractivity contribution in [3.63, 3.8) is 0 Å². The summed E-state index contributed by atoms with van der Waals surface area (Å²) in [6.07, 6.45) is -2.82. The summed E-state index contributed by atoms with van der Waals surface area (Å²) in [7, 11) is -3.26. The van der Waals surface area contributed by atoms with Crippen LogP contribution in [0.4, 0.5) is 17.6 Å². The van der Waals surface area contributed by atoms with Gasteiger partial charge in [-0.15, -0.1) is 0 Å². The molecule has 0 radical (unpaired) electrons. The molecule has 1 aromatic rings. The molecular formula is C16H16F4O3S. The molecule has 1 aromatic carbocycles. The maximum atomic E-state index is 13.5. The third kappa shape index (κ3) is 3.08. The summed E-state index contributed by atoms with van der Waals surface area (Å²) in [5, 5.41) is -1.23. The van der Waals surface area contributed by atoms with E-state index in [1.54, 1.807) is 0 Å². The largest absolute Gasteiger partial charge is 0.416 e. The lowest BCUT2D eigenvalue weighted by molar-refractivity contribution is -0.137. The molecule has 2 bridgehead atoms. The van der Waals surface area contributed by atoms with Crippen LogP contribution in [0, 0.1) is 11.7 Å². The summed E-state index contributed by atoms with van der Waals surface area (Å²) >= 11 is 0. The summed E-state index contributed by atoms with van der Waals surface area (Å²) in [4.78, 5) is 12.5. The number of halogens is 4. The van der Waals surface area contributed by atoms with E-state index in [9.17, 15) is 30.8 Å². The average molecular weight is 364 g/mol. The van der Waals surface area contributed by atoms with Crippen molar-refractivity contribution < 1.29 is 30.8 Å². The zero-order valence-corrected chi connectivity index (χ0v) is 13.5. The molecule has 0 aromatic heterocycles. The van der Waals surface area contributed by atoms with Crippen LogP contribution < -0.4 is 0 Å². The molecule has 0 N–H and O–H groups in total. The van der Waals surface area contributed by atoms with Crippen molar-refractivity contribution >= 4 is 15.6 Å².